The molecule has 0 N–H and O–H groups in total. The number of carbonyl (C=O) groups excluding carboxylic acids is 3. The van der Waals surface area contributed by atoms with Crippen LogP contribution in [0.5, 0.6) is 0 Å². The molecular weight excluding hydrogens is 326 g/mol. The van der Waals surface area contributed by atoms with Gasteiger partial charge in [0.15, 0.2) is 0 Å². The van der Waals surface area contributed by atoms with Crippen molar-refractivity contribution < 1.29 is 14.4 Å². The normalized spacial score (nSPS) is 22.0. The van der Waals surface area contributed by atoms with Gasteiger partial charge in [0.25, 0.3) is 5.91 Å². The summed E-state index contributed by atoms with van der Waals surface area (Å²) in [5.41, 5.74) is 0. The maximum absolute atomic E-state index is 12.7. The molecule has 0 saturated carbocycles. The van der Waals surface area contributed by atoms with Crippen LogP contribution in [0.1, 0.15) is 29.9 Å². The van der Waals surface area contributed by atoms with E-state index in [1.54, 1.807) is 14.7 Å². The molecule has 3 amide bonds. The van der Waals surface area contributed by atoms with Gasteiger partial charge in [-0.15, -0.1) is 11.3 Å². The van der Waals surface area contributed by atoms with E-state index in [9.17, 15) is 14.4 Å². The van der Waals surface area contributed by atoms with E-state index >= 15 is 0 Å². The smallest absolute Gasteiger partial charge is 0.263 e. The predicted octanol–water partition coefficient (Wildman–Crippen LogP) is 1.29. The number of fused-ring (bicyclic) bond motifs is 1. The van der Waals surface area contributed by atoms with Crippen molar-refractivity contribution in [3.8, 4) is 0 Å². The highest BCUT2D eigenvalue weighted by Gasteiger charge is 2.41. The maximum atomic E-state index is 12.7. The number of amides is 3. The summed E-state index contributed by atoms with van der Waals surface area (Å²) < 4.78 is 0. The highest BCUT2D eigenvalue weighted by molar-refractivity contribution is 7.12. The van der Waals surface area contributed by atoms with Gasteiger partial charge in [0.1, 0.15) is 6.04 Å². The van der Waals surface area contributed by atoms with Gasteiger partial charge >= 0.3 is 0 Å². The molecule has 1 aromatic heterocycles. The SMILES string of the molecule is CC(C)CN1CC(=O)N2CCN(C(=O)c3cccs3)CCC2C1=O. The van der Waals surface area contributed by atoms with Gasteiger partial charge in [0, 0.05) is 26.2 Å². The second-order valence-electron chi connectivity index (χ2n) is 6.77. The molecule has 6 nitrogen and oxygen atoms in total. The molecule has 130 valence electrons. The third-order valence-corrected chi connectivity index (χ3v) is 5.37. The fraction of sp³-hybridized carbons (Fsp3) is 0.588. The van der Waals surface area contributed by atoms with E-state index in [1.807, 2.05) is 31.4 Å². The van der Waals surface area contributed by atoms with Gasteiger partial charge in [-0.05, 0) is 23.8 Å². The molecule has 2 aliphatic heterocycles. The summed E-state index contributed by atoms with van der Waals surface area (Å²) >= 11 is 1.42. The lowest BCUT2D eigenvalue weighted by molar-refractivity contribution is -0.156. The minimum atomic E-state index is -0.425. The summed E-state index contributed by atoms with van der Waals surface area (Å²) in [6.45, 7) is 6.27. The highest BCUT2D eigenvalue weighted by atomic mass is 32.1. The number of rotatable bonds is 3. The molecule has 3 heterocycles. The van der Waals surface area contributed by atoms with E-state index in [-0.39, 0.29) is 24.3 Å². The van der Waals surface area contributed by atoms with Crippen molar-refractivity contribution in [2.45, 2.75) is 26.3 Å². The van der Waals surface area contributed by atoms with Crippen LogP contribution < -0.4 is 0 Å². The summed E-state index contributed by atoms with van der Waals surface area (Å²) in [7, 11) is 0. The molecular formula is C17H23N3O3S. The number of thiophene rings is 1. The third kappa shape index (κ3) is 3.31. The zero-order chi connectivity index (χ0) is 17.3. The standard InChI is InChI=1S/C17H23N3O3S/c1-12(2)10-19-11-15(21)20-8-7-18(6-5-13(20)16(19)22)17(23)14-4-3-9-24-14/h3-4,9,12-13H,5-8,10-11H2,1-2H3. The van der Waals surface area contributed by atoms with Gasteiger partial charge in [-0.1, -0.05) is 19.9 Å². The Bertz CT molecular complexity index is 629. The van der Waals surface area contributed by atoms with E-state index in [2.05, 4.69) is 0 Å². The van der Waals surface area contributed by atoms with E-state index in [0.717, 1.165) is 0 Å². The highest BCUT2D eigenvalue weighted by Crippen LogP contribution is 2.21. The van der Waals surface area contributed by atoms with E-state index in [0.29, 0.717) is 43.4 Å². The van der Waals surface area contributed by atoms with Gasteiger partial charge in [-0.3, -0.25) is 14.4 Å². The quantitative estimate of drug-likeness (QED) is 0.826. The van der Waals surface area contributed by atoms with Crippen LogP contribution in [0.15, 0.2) is 17.5 Å². The monoisotopic (exact) mass is 349 g/mol. The molecule has 2 aliphatic rings. The Labute approximate surface area is 146 Å². The number of piperazine rings is 1. The van der Waals surface area contributed by atoms with Crippen LogP contribution in [0.3, 0.4) is 0 Å². The molecule has 0 aliphatic carbocycles. The number of hydrogen-bond donors (Lipinski definition) is 0. The van der Waals surface area contributed by atoms with Crippen molar-refractivity contribution in [1.29, 1.82) is 0 Å². The van der Waals surface area contributed by atoms with E-state index in [4.69, 9.17) is 0 Å². The lowest BCUT2D eigenvalue weighted by Gasteiger charge is -2.39. The minimum Gasteiger partial charge on any atom is -0.336 e. The average Bonchev–Trinajstić information content (AvgIpc) is 2.97. The van der Waals surface area contributed by atoms with Gasteiger partial charge in [-0.2, -0.15) is 0 Å². The van der Waals surface area contributed by atoms with Gasteiger partial charge in [-0.25, -0.2) is 0 Å². The maximum Gasteiger partial charge on any atom is 0.263 e. The van der Waals surface area contributed by atoms with Crippen molar-refractivity contribution in [3.05, 3.63) is 22.4 Å². The Kier molecular flexibility index (Phi) is 4.89. The first-order chi connectivity index (χ1) is 11.5. The summed E-state index contributed by atoms with van der Waals surface area (Å²) in [5.74, 6) is 0.333. The number of carbonyl (C=O) groups is 3. The first-order valence-electron chi connectivity index (χ1n) is 8.38. The Morgan fingerprint density at radius 2 is 2.08 bits per heavy atom. The fourth-order valence-corrected chi connectivity index (χ4v) is 4.07. The van der Waals surface area contributed by atoms with Crippen molar-refractivity contribution in [2.75, 3.05) is 32.7 Å². The molecule has 1 atom stereocenters. The first kappa shape index (κ1) is 17.0. The molecule has 0 radical (unpaired) electrons. The van der Waals surface area contributed by atoms with Crippen molar-refractivity contribution in [2.24, 2.45) is 5.92 Å². The predicted molar refractivity (Wildman–Crippen MR) is 91.8 cm³/mol. The summed E-state index contributed by atoms with van der Waals surface area (Å²) in [6.07, 6.45) is 0.510. The second kappa shape index (κ2) is 6.93. The van der Waals surface area contributed by atoms with Gasteiger partial charge < -0.3 is 14.7 Å². The summed E-state index contributed by atoms with van der Waals surface area (Å²) in [4.78, 5) is 43.5. The van der Waals surface area contributed by atoms with Crippen LogP contribution >= 0.6 is 11.3 Å². The molecule has 0 spiro atoms. The number of nitrogens with zero attached hydrogens (tertiary/aromatic N) is 3. The zero-order valence-electron chi connectivity index (χ0n) is 14.1. The van der Waals surface area contributed by atoms with Crippen LogP contribution in [0.2, 0.25) is 0 Å². The van der Waals surface area contributed by atoms with Crippen molar-refractivity contribution >= 4 is 29.1 Å². The zero-order valence-corrected chi connectivity index (χ0v) is 14.9. The number of hydrogen-bond acceptors (Lipinski definition) is 4. The van der Waals surface area contributed by atoms with Crippen molar-refractivity contribution in [3.63, 3.8) is 0 Å². The molecule has 0 aromatic carbocycles. The lowest BCUT2D eigenvalue weighted by atomic mass is 10.1. The van der Waals surface area contributed by atoms with Crippen molar-refractivity contribution in [1.82, 2.24) is 14.7 Å². The van der Waals surface area contributed by atoms with Crippen LogP contribution in [-0.4, -0.2) is 71.2 Å². The molecule has 1 aromatic rings. The lowest BCUT2D eigenvalue weighted by Crippen LogP contribution is -2.60. The fourth-order valence-electron chi connectivity index (χ4n) is 3.38. The molecule has 7 heteroatoms. The molecule has 24 heavy (non-hydrogen) atoms. The minimum absolute atomic E-state index is 0.00864. The average molecular weight is 349 g/mol. The van der Waals surface area contributed by atoms with Gasteiger partial charge in [0.2, 0.25) is 11.8 Å². The Morgan fingerprint density at radius 3 is 2.75 bits per heavy atom. The van der Waals surface area contributed by atoms with Crippen LogP contribution in [0.4, 0.5) is 0 Å². The van der Waals surface area contributed by atoms with Crippen LogP contribution in [-0.2, 0) is 9.59 Å². The largest absolute Gasteiger partial charge is 0.336 e. The Balaban J connectivity index is 1.72. The first-order valence-corrected chi connectivity index (χ1v) is 9.26. The van der Waals surface area contributed by atoms with E-state index < -0.39 is 6.04 Å². The molecule has 0 bridgehead atoms. The van der Waals surface area contributed by atoms with Gasteiger partial charge in [0.05, 0.1) is 11.4 Å². The summed E-state index contributed by atoms with van der Waals surface area (Å²) in [5, 5.41) is 1.88. The third-order valence-electron chi connectivity index (χ3n) is 4.51. The summed E-state index contributed by atoms with van der Waals surface area (Å²) in [6, 6.07) is 3.24. The second-order valence-corrected chi connectivity index (χ2v) is 7.72. The topological polar surface area (TPSA) is 60.9 Å². The van der Waals surface area contributed by atoms with Crippen LogP contribution in [0.25, 0.3) is 0 Å². The van der Waals surface area contributed by atoms with Crippen LogP contribution in [0, 0.1) is 5.92 Å². The Hall–Kier alpha value is -1.89. The molecule has 3 rings (SSSR count). The Morgan fingerprint density at radius 1 is 1.29 bits per heavy atom. The molecule has 1 unspecified atom stereocenters. The van der Waals surface area contributed by atoms with E-state index in [1.165, 1.54) is 11.3 Å². The molecule has 2 saturated heterocycles. The molecule has 2 fully saturated rings.